The molecule has 0 saturated heterocycles. The maximum absolute atomic E-state index is 5.58. The normalized spacial score (nSPS) is 17.9. The number of hydrogen-bond acceptors (Lipinski definition) is 3. The van der Waals surface area contributed by atoms with Gasteiger partial charge in [-0.1, -0.05) is 32.8 Å². The fourth-order valence-electron chi connectivity index (χ4n) is 3.56. The van der Waals surface area contributed by atoms with Crippen LogP contribution in [-0.2, 0) is 16.7 Å². The summed E-state index contributed by atoms with van der Waals surface area (Å²) in [4.78, 5) is 7.20. The number of methoxy groups -OCH3 is 1. The monoisotopic (exact) mass is 290 g/mol. The minimum atomic E-state index is 0.183. The van der Waals surface area contributed by atoms with Gasteiger partial charge < -0.3 is 9.64 Å². The molecule has 21 heavy (non-hydrogen) atoms. The Kier molecular flexibility index (Phi) is 5.39. The van der Waals surface area contributed by atoms with Crippen molar-refractivity contribution in [1.29, 1.82) is 0 Å². The molecule has 1 aromatic heterocycles. The Hall–Kier alpha value is -0.930. The molecule has 3 nitrogen and oxygen atoms in total. The van der Waals surface area contributed by atoms with Crippen molar-refractivity contribution in [3.05, 3.63) is 29.1 Å². The first-order valence-corrected chi connectivity index (χ1v) is 8.12. The van der Waals surface area contributed by atoms with E-state index >= 15 is 0 Å². The lowest BCUT2D eigenvalue weighted by molar-refractivity contribution is 0.130. The Morgan fingerprint density at radius 2 is 1.90 bits per heavy atom. The van der Waals surface area contributed by atoms with Gasteiger partial charge in [-0.2, -0.15) is 0 Å². The molecule has 1 aromatic rings. The number of hydrogen-bond donors (Lipinski definition) is 0. The predicted molar refractivity (Wildman–Crippen MR) is 87.7 cm³/mol. The Morgan fingerprint density at radius 1 is 1.24 bits per heavy atom. The molecule has 2 rings (SSSR count). The maximum atomic E-state index is 5.58. The minimum Gasteiger partial charge on any atom is -0.384 e. The molecule has 0 N–H and O–H groups in total. The minimum absolute atomic E-state index is 0.183. The molecular weight excluding hydrogens is 260 g/mol. The topological polar surface area (TPSA) is 25.4 Å². The van der Waals surface area contributed by atoms with Gasteiger partial charge in [0, 0.05) is 24.8 Å². The molecule has 3 heteroatoms. The van der Waals surface area contributed by atoms with E-state index in [0.717, 1.165) is 13.2 Å². The van der Waals surface area contributed by atoms with Gasteiger partial charge in [-0.05, 0) is 44.5 Å². The number of pyridine rings is 1. The fraction of sp³-hybridized carbons (Fsp3) is 0.722. The number of nitrogens with zero attached hydrogens (tertiary/aromatic N) is 2. The van der Waals surface area contributed by atoms with Crippen LogP contribution in [0.3, 0.4) is 0 Å². The van der Waals surface area contributed by atoms with Crippen LogP contribution >= 0.6 is 0 Å². The molecule has 0 atom stereocenters. The van der Waals surface area contributed by atoms with Crippen LogP contribution < -0.4 is 0 Å². The van der Waals surface area contributed by atoms with Crippen molar-refractivity contribution in [2.24, 2.45) is 0 Å². The second-order valence-electron chi connectivity index (χ2n) is 7.04. The van der Waals surface area contributed by atoms with E-state index in [1.54, 1.807) is 0 Å². The molecule has 0 aromatic carbocycles. The molecule has 0 unspecified atom stereocenters. The summed E-state index contributed by atoms with van der Waals surface area (Å²) in [5.74, 6) is 0.474. The maximum Gasteiger partial charge on any atom is 0.0585 e. The Labute approximate surface area is 129 Å². The van der Waals surface area contributed by atoms with Gasteiger partial charge in [0.25, 0.3) is 0 Å². The summed E-state index contributed by atoms with van der Waals surface area (Å²) in [6.45, 7) is 6.14. The van der Waals surface area contributed by atoms with Crippen molar-refractivity contribution >= 4 is 0 Å². The average Bonchev–Trinajstić information content (AvgIpc) is 2.88. The van der Waals surface area contributed by atoms with Gasteiger partial charge in [-0.15, -0.1) is 0 Å². The third kappa shape index (κ3) is 3.64. The highest BCUT2D eigenvalue weighted by Crippen LogP contribution is 2.42. The summed E-state index contributed by atoms with van der Waals surface area (Å²) < 4.78 is 5.58. The SMILES string of the molecule is COCC1(c2ccc(C(C)C)nc2CN(C)C)CCCC1. The molecule has 0 bridgehead atoms. The van der Waals surface area contributed by atoms with E-state index in [0.29, 0.717) is 5.92 Å². The first-order chi connectivity index (χ1) is 9.98. The Bertz CT molecular complexity index is 462. The summed E-state index contributed by atoms with van der Waals surface area (Å²) in [6, 6.07) is 4.54. The molecule has 1 fully saturated rings. The molecule has 0 radical (unpaired) electrons. The Morgan fingerprint density at radius 3 is 2.43 bits per heavy atom. The molecule has 118 valence electrons. The number of ether oxygens (including phenoxy) is 1. The average molecular weight is 290 g/mol. The van der Waals surface area contributed by atoms with E-state index in [1.807, 2.05) is 7.11 Å². The van der Waals surface area contributed by atoms with Crippen LogP contribution in [0.4, 0.5) is 0 Å². The van der Waals surface area contributed by atoms with E-state index in [2.05, 4.69) is 45.0 Å². The van der Waals surface area contributed by atoms with Crippen molar-refractivity contribution in [3.63, 3.8) is 0 Å². The van der Waals surface area contributed by atoms with Crippen LogP contribution in [0, 0.1) is 0 Å². The quantitative estimate of drug-likeness (QED) is 0.798. The molecule has 0 spiro atoms. The molecule has 1 saturated carbocycles. The third-order valence-electron chi connectivity index (χ3n) is 4.61. The zero-order valence-corrected chi connectivity index (χ0v) is 14.3. The van der Waals surface area contributed by atoms with Gasteiger partial charge in [0.1, 0.15) is 0 Å². The second kappa shape index (κ2) is 6.89. The van der Waals surface area contributed by atoms with Gasteiger partial charge in [0.15, 0.2) is 0 Å². The van der Waals surface area contributed by atoms with E-state index in [-0.39, 0.29) is 5.41 Å². The molecule has 0 aliphatic heterocycles. The first kappa shape index (κ1) is 16.4. The highest BCUT2D eigenvalue weighted by Gasteiger charge is 2.37. The van der Waals surface area contributed by atoms with Crippen molar-refractivity contribution in [1.82, 2.24) is 9.88 Å². The summed E-state index contributed by atoms with van der Waals surface area (Å²) in [7, 11) is 6.05. The van der Waals surface area contributed by atoms with Gasteiger partial charge in [-0.25, -0.2) is 0 Å². The smallest absolute Gasteiger partial charge is 0.0585 e. The van der Waals surface area contributed by atoms with Crippen LogP contribution in [-0.4, -0.2) is 37.7 Å². The summed E-state index contributed by atoms with van der Waals surface area (Å²) in [6.07, 6.45) is 5.06. The first-order valence-electron chi connectivity index (χ1n) is 8.12. The van der Waals surface area contributed by atoms with Crippen molar-refractivity contribution in [3.8, 4) is 0 Å². The molecule has 1 aliphatic carbocycles. The molecule has 1 heterocycles. The van der Waals surface area contributed by atoms with Gasteiger partial charge >= 0.3 is 0 Å². The summed E-state index contributed by atoms with van der Waals surface area (Å²) >= 11 is 0. The van der Waals surface area contributed by atoms with Crippen LogP contribution in [0.5, 0.6) is 0 Å². The highest BCUT2D eigenvalue weighted by molar-refractivity contribution is 5.33. The molecule has 0 amide bonds. The fourth-order valence-corrected chi connectivity index (χ4v) is 3.56. The third-order valence-corrected chi connectivity index (χ3v) is 4.61. The summed E-state index contributed by atoms with van der Waals surface area (Å²) in [5.41, 5.74) is 4.04. The lowest BCUT2D eigenvalue weighted by Gasteiger charge is -2.31. The molecule has 1 aliphatic rings. The van der Waals surface area contributed by atoms with E-state index < -0.39 is 0 Å². The van der Waals surface area contributed by atoms with Crippen molar-refractivity contribution < 1.29 is 4.74 Å². The lowest BCUT2D eigenvalue weighted by Crippen LogP contribution is -2.31. The van der Waals surface area contributed by atoms with Crippen LogP contribution in [0.1, 0.15) is 62.4 Å². The standard InChI is InChI=1S/C18H30N2O/c1-14(2)16-9-8-15(17(19-16)12-20(3)4)18(13-21-5)10-6-7-11-18/h8-9,14H,6-7,10-13H2,1-5H3. The predicted octanol–water partition coefficient (Wildman–Crippen LogP) is 3.72. The largest absolute Gasteiger partial charge is 0.384 e. The van der Waals surface area contributed by atoms with Crippen LogP contribution in [0.25, 0.3) is 0 Å². The van der Waals surface area contributed by atoms with Gasteiger partial charge in [0.05, 0.1) is 12.3 Å². The van der Waals surface area contributed by atoms with Crippen molar-refractivity contribution in [2.75, 3.05) is 27.8 Å². The highest BCUT2D eigenvalue weighted by atomic mass is 16.5. The number of aromatic nitrogens is 1. The van der Waals surface area contributed by atoms with Crippen LogP contribution in [0.15, 0.2) is 12.1 Å². The van der Waals surface area contributed by atoms with Crippen molar-refractivity contribution in [2.45, 2.75) is 57.4 Å². The van der Waals surface area contributed by atoms with Crippen LogP contribution in [0.2, 0.25) is 0 Å². The van der Waals surface area contributed by atoms with E-state index in [1.165, 1.54) is 42.6 Å². The van der Waals surface area contributed by atoms with E-state index in [4.69, 9.17) is 9.72 Å². The van der Waals surface area contributed by atoms with Gasteiger partial charge in [-0.3, -0.25) is 4.98 Å². The number of rotatable bonds is 6. The molecular formula is C18H30N2O. The second-order valence-corrected chi connectivity index (χ2v) is 7.04. The van der Waals surface area contributed by atoms with E-state index in [9.17, 15) is 0 Å². The zero-order chi connectivity index (χ0) is 15.5. The Balaban J connectivity index is 2.45. The zero-order valence-electron chi connectivity index (χ0n) is 14.3. The van der Waals surface area contributed by atoms with Gasteiger partial charge in [0.2, 0.25) is 0 Å². The summed E-state index contributed by atoms with van der Waals surface area (Å²) in [5, 5.41) is 0. The lowest BCUT2D eigenvalue weighted by atomic mass is 9.78.